The number of nitrogens with one attached hydrogen (secondary N) is 1. The van der Waals surface area contributed by atoms with Crippen LogP contribution in [0.3, 0.4) is 0 Å². The number of H-pyrrole nitrogens is 1. The molecule has 2 atom stereocenters. The highest BCUT2D eigenvalue weighted by molar-refractivity contribution is 9.10. The molecule has 0 saturated carbocycles. The average molecular weight is 401 g/mol. The number of methoxy groups -OCH3 is 2. The van der Waals surface area contributed by atoms with E-state index in [0.29, 0.717) is 4.47 Å². The van der Waals surface area contributed by atoms with Crippen LogP contribution in [-0.2, 0) is 9.47 Å². The van der Waals surface area contributed by atoms with Crippen molar-refractivity contribution >= 4 is 33.8 Å². The number of amides is 1. The summed E-state index contributed by atoms with van der Waals surface area (Å²) in [5.41, 5.74) is 0.354. The van der Waals surface area contributed by atoms with Gasteiger partial charge >= 0.3 is 12.1 Å². The number of aliphatic hydroxyl groups excluding tert-OH is 1. The van der Waals surface area contributed by atoms with Crippen LogP contribution in [0.2, 0.25) is 0 Å². The van der Waals surface area contributed by atoms with Crippen molar-refractivity contribution in [2.75, 3.05) is 20.8 Å². The summed E-state index contributed by atoms with van der Waals surface area (Å²) >= 11 is 3.22. The van der Waals surface area contributed by atoms with Gasteiger partial charge in [-0.05, 0) is 22.0 Å². The maximum absolute atomic E-state index is 12.5. The van der Waals surface area contributed by atoms with Crippen molar-refractivity contribution in [2.45, 2.75) is 18.6 Å². The van der Waals surface area contributed by atoms with Crippen LogP contribution in [0.4, 0.5) is 4.79 Å². The molecule has 0 aromatic carbocycles. The highest BCUT2D eigenvalue weighted by Gasteiger charge is 2.30. The van der Waals surface area contributed by atoms with Crippen LogP contribution in [0.25, 0.3) is 0 Å². The van der Waals surface area contributed by atoms with E-state index in [1.54, 1.807) is 6.08 Å². The van der Waals surface area contributed by atoms with E-state index >= 15 is 0 Å². The molecule has 0 fully saturated rings. The fraction of sp³-hybridized carbons (Fsp3) is 0.400. The minimum Gasteiger partial charge on any atom is -0.464 e. The first-order valence-corrected chi connectivity index (χ1v) is 7.87. The number of β-amino-alcohol motifs (C(OH)–C–C–N with tert-alkyl or cyclic N) is 1. The summed E-state index contributed by atoms with van der Waals surface area (Å²) in [7, 11) is 2.47. The molecule has 0 bridgehead atoms. The fourth-order valence-corrected chi connectivity index (χ4v) is 2.96. The molecule has 0 aliphatic carbocycles. The molecule has 1 aliphatic heterocycles. The number of aliphatic hydroxyl groups is 1. The van der Waals surface area contributed by atoms with Gasteiger partial charge in [0.25, 0.3) is 0 Å². The molecule has 2 heterocycles. The fourth-order valence-electron chi connectivity index (χ4n) is 2.41. The first kappa shape index (κ1) is 18.2. The zero-order valence-electron chi connectivity index (χ0n) is 13.1. The van der Waals surface area contributed by atoms with Crippen molar-refractivity contribution in [1.29, 1.82) is 0 Å². The van der Waals surface area contributed by atoms with Gasteiger partial charge in [-0.1, -0.05) is 12.2 Å². The molecule has 2 rings (SSSR count). The van der Waals surface area contributed by atoms with Crippen LogP contribution < -0.4 is 0 Å². The van der Waals surface area contributed by atoms with E-state index in [1.165, 1.54) is 31.3 Å². The summed E-state index contributed by atoms with van der Waals surface area (Å²) in [6.45, 7) is 0.0421. The average Bonchev–Trinajstić information content (AvgIpc) is 2.96. The third-order valence-corrected chi connectivity index (χ3v) is 4.22. The van der Waals surface area contributed by atoms with Gasteiger partial charge in [0.05, 0.1) is 38.6 Å². The molecule has 0 radical (unpaired) electrons. The van der Waals surface area contributed by atoms with Crippen LogP contribution >= 0.6 is 15.9 Å². The quantitative estimate of drug-likeness (QED) is 0.450. The number of Topliss-reactive ketones (excluding diaryl/α,β-unsaturated/α-hetero) is 1. The maximum Gasteiger partial charge on any atom is 0.410 e. The zero-order chi connectivity index (χ0) is 17.9. The third kappa shape index (κ3) is 3.85. The number of ketones is 1. The molecule has 0 unspecified atom stereocenters. The molecule has 9 heteroatoms. The van der Waals surface area contributed by atoms with Gasteiger partial charge < -0.3 is 19.6 Å². The van der Waals surface area contributed by atoms with Crippen molar-refractivity contribution < 1.29 is 29.0 Å². The lowest BCUT2D eigenvalue weighted by molar-refractivity contribution is 0.0594. The van der Waals surface area contributed by atoms with E-state index in [9.17, 15) is 19.5 Å². The molecule has 1 aromatic rings. The van der Waals surface area contributed by atoms with Gasteiger partial charge in [0, 0.05) is 10.9 Å². The number of aromatic nitrogens is 1. The van der Waals surface area contributed by atoms with E-state index in [-0.39, 0.29) is 30.1 Å². The number of hydrogen-bond donors (Lipinski definition) is 2. The monoisotopic (exact) mass is 400 g/mol. The Morgan fingerprint density at radius 1 is 1.33 bits per heavy atom. The predicted octanol–water partition coefficient (Wildman–Crippen LogP) is 1.50. The van der Waals surface area contributed by atoms with E-state index in [4.69, 9.17) is 0 Å². The molecular weight excluding hydrogens is 384 g/mol. The van der Waals surface area contributed by atoms with Gasteiger partial charge in [-0.3, -0.25) is 9.69 Å². The van der Waals surface area contributed by atoms with Gasteiger partial charge in [-0.25, -0.2) is 9.59 Å². The van der Waals surface area contributed by atoms with E-state index < -0.39 is 24.2 Å². The van der Waals surface area contributed by atoms with Crippen molar-refractivity contribution in [2.24, 2.45) is 0 Å². The summed E-state index contributed by atoms with van der Waals surface area (Å²) in [6, 6.07) is 0.905. The molecule has 24 heavy (non-hydrogen) atoms. The number of aromatic amines is 1. The number of carbonyl (C=O) groups is 3. The number of hydrogen-bond acceptors (Lipinski definition) is 6. The van der Waals surface area contributed by atoms with Crippen LogP contribution in [0.5, 0.6) is 0 Å². The third-order valence-electron chi connectivity index (χ3n) is 3.60. The standard InChI is InChI=1S/C15H17BrN2O6/c1-23-14(21)11-6-10(16)13(17-11)12(20)5-8-3-4-9(19)7-18(8)15(22)24-2/h3-4,6,8-9,17,19H,5,7H2,1-2H3/t8-,9-/m1/s1. The Bertz CT molecular complexity index is 684. The number of ether oxygens (including phenoxy) is 2. The van der Waals surface area contributed by atoms with Crippen LogP contribution in [-0.4, -0.2) is 65.7 Å². The molecule has 1 aliphatic rings. The molecule has 1 aromatic heterocycles. The second kappa shape index (κ2) is 7.63. The molecule has 0 spiro atoms. The van der Waals surface area contributed by atoms with Crippen LogP contribution in [0.15, 0.2) is 22.7 Å². The normalized spacial score (nSPS) is 19.9. The summed E-state index contributed by atoms with van der Waals surface area (Å²) in [5, 5.41) is 9.64. The van der Waals surface area contributed by atoms with E-state index in [0.717, 1.165) is 0 Å². The summed E-state index contributed by atoms with van der Waals surface area (Å²) in [5.74, 6) is -0.899. The molecule has 130 valence electrons. The molecule has 2 N–H and O–H groups in total. The number of halogens is 1. The van der Waals surface area contributed by atoms with Gasteiger partial charge in [0.2, 0.25) is 0 Å². The molecular formula is C15H17BrN2O6. The first-order chi connectivity index (χ1) is 11.4. The lowest BCUT2D eigenvalue weighted by Crippen LogP contribution is -2.47. The second-order valence-corrected chi connectivity index (χ2v) is 6.02. The zero-order valence-corrected chi connectivity index (χ0v) is 14.7. The van der Waals surface area contributed by atoms with Crippen molar-refractivity contribution in [1.82, 2.24) is 9.88 Å². The molecule has 1 amide bonds. The Balaban J connectivity index is 2.18. The number of esters is 1. The number of carbonyl (C=O) groups excluding carboxylic acids is 3. The minimum absolute atomic E-state index is 0.0297. The first-order valence-electron chi connectivity index (χ1n) is 7.08. The van der Waals surface area contributed by atoms with Gasteiger partial charge in [0.1, 0.15) is 5.69 Å². The van der Waals surface area contributed by atoms with Crippen molar-refractivity contribution in [3.05, 3.63) is 34.1 Å². The van der Waals surface area contributed by atoms with E-state index in [2.05, 4.69) is 30.4 Å². The largest absolute Gasteiger partial charge is 0.464 e. The SMILES string of the molecule is COC(=O)c1cc(Br)c(C(=O)C[C@H]2C=C[C@@H](O)CN2C(=O)OC)[nH]1. The van der Waals surface area contributed by atoms with Crippen LogP contribution in [0, 0.1) is 0 Å². The lowest BCUT2D eigenvalue weighted by atomic mass is 10.0. The minimum atomic E-state index is -0.807. The second-order valence-electron chi connectivity index (χ2n) is 5.17. The van der Waals surface area contributed by atoms with Crippen LogP contribution in [0.1, 0.15) is 27.4 Å². The predicted molar refractivity (Wildman–Crippen MR) is 86.8 cm³/mol. The topological polar surface area (TPSA) is 109 Å². The van der Waals surface area contributed by atoms with Crippen molar-refractivity contribution in [3.63, 3.8) is 0 Å². The summed E-state index contributed by atoms with van der Waals surface area (Å²) < 4.78 is 9.71. The highest BCUT2D eigenvalue weighted by atomic mass is 79.9. The smallest absolute Gasteiger partial charge is 0.410 e. The van der Waals surface area contributed by atoms with Gasteiger partial charge in [0.15, 0.2) is 5.78 Å². The van der Waals surface area contributed by atoms with Gasteiger partial charge in [-0.15, -0.1) is 0 Å². The van der Waals surface area contributed by atoms with E-state index in [1.807, 2.05) is 0 Å². The Labute approximate surface area is 146 Å². The Kier molecular flexibility index (Phi) is 5.79. The lowest BCUT2D eigenvalue weighted by Gasteiger charge is -2.32. The van der Waals surface area contributed by atoms with Gasteiger partial charge in [-0.2, -0.15) is 0 Å². The molecule has 0 saturated heterocycles. The maximum atomic E-state index is 12.5. The highest BCUT2D eigenvalue weighted by Crippen LogP contribution is 2.23. The Morgan fingerprint density at radius 3 is 2.67 bits per heavy atom. The summed E-state index contributed by atoms with van der Waals surface area (Å²) in [6.07, 6.45) is 1.65. The van der Waals surface area contributed by atoms with Crippen molar-refractivity contribution in [3.8, 4) is 0 Å². The molecule has 8 nitrogen and oxygen atoms in total. The summed E-state index contributed by atoms with van der Waals surface area (Å²) in [4.78, 5) is 39.8. The Hall–Kier alpha value is -2.13. The number of nitrogens with zero attached hydrogens (tertiary/aromatic N) is 1. The number of rotatable bonds is 4. The Morgan fingerprint density at radius 2 is 2.04 bits per heavy atom.